The molecule has 5 atom stereocenters. The zero-order valence-electron chi connectivity index (χ0n) is 14.2. The molecule has 13 heteroatoms. The third kappa shape index (κ3) is 5.93. The third-order valence-electron chi connectivity index (χ3n) is 3.53. The number of carboxylic acids is 1. The predicted molar refractivity (Wildman–Crippen MR) is 91.0 cm³/mol. The Morgan fingerprint density at radius 3 is 2.46 bits per heavy atom. The number of rotatable bonds is 7. The Bertz CT molecular complexity index is 614. The van der Waals surface area contributed by atoms with E-state index < -0.39 is 59.8 Å². The number of hydrogen-bond acceptors (Lipinski definition) is 7. The van der Waals surface area contributed by atoms with E-state index in [-0.39, 0.29) is 6.54 Å². The lowest BCUT2D eigenvalue weighted by Crippen LogP contribution is -2.64. The van der Waals surface area contributed by atoms with Crippen LogP contribution >= 0.6 is 0 Å². The largest absolute Gasteiger partial charge is 0.478 e. The van der Waals surface area contributed by atoms with Crippen molar-refractivity contribution in [2.45, 2.75) is 37.3 Å². The molecule has 0 aliphatic carbocycles. The fraction of sp³-hybridized carbons (Fsp3) is 0.538. The summed E-state index contributed by atoms with van der Waals surface area (Å²) in [6.07, 6.45) is -3.48. The maximum atomic E-state index is 11.5. The van der Waals surface area contributed by atoms with Crippen LogP contribution in [0.4, 0.5) is 4.79 Å². The highest BCUT2D eigenvalue weighted by Crippen LogP contribution is 2.23. The van der Waals surface area contributed by atoms with Gasteiger partial charge in [0.05, 0.1) is 12.1 Å². The van der Waals surface area contributed by atoms with Gasteiger partial charge in [-0.1, -0.05) is 0 Å². The molecule has 1 aliphatic heterocycles. The highest BCUT2D eigenvalue weighted by Gasteiger charge is 2.43. The quantitative estimate of drug-likeness (QED) is 0.124. The summed E-state index contributed by atoms with van der Waals surface area (Å²) >= 11 is 0. The molecule has 0 aromatic carbocycles. The molecule has 144 valence electrons. The van der Waals surface area contributed by atoms with Gasteiger partial charge < -0.3 is 41.7 Å². The summed E-state index contributed by atoms with van der Waals surface area (Å²) < 4.78 is 5.24. The Morgan fingerprint density at radius 1 is 1.38 bits per heavy atom. The van der Waals surface area contributed by atoms with Gasteiger partial charge in [0.2, 0.25) is 19.5 Å². The van der Waals surface area contributed by atoms with Crippen LogP contribution in [-0.2, 0) is 14.3 Å². The first-order valence-corrected chi connectivity index (χ1v) is 7.63. The van der Waals surface area contributed by atoms with Crippen LogP contribution in [0, 0.1) is 5.41 Å². The van der Waals surface area contributed by atoms with Crippen molar-refractivity contribution in [3.8, 4) is 0 Å². The molecule has 1 rings (SSSR count). The van der Waals surface area contributed by atoms with Crippen molar-refractivity contribution in [2.24, 2.45) is 5.73 Å². The molecule has 2 amide bonds. The second kappa shape index (κ2) is 9.06. The Morgan fingerprint density at radius 2 is 2.00 bits per heavy atom. The number of guanidine groups is 1. The van der Waals surface area contributed by atoms with Gasteiger partial charge in [-0.15, -0.1) is 0 Å². The molecule has 1 aliphatic rings. The molecule has 0 saturated heterocycles. The van der Waals surface area contributed by atoms with Gasteiger partial charge >= 0.3 is 5.97 Å². The molecule has 12 nitrogen and oxygen atoms in total. The monoisotopic (exact) mass is 371 g/mol. The summed E-state index contributed by atoms with van der Waals surface area (Å²) in [7, 11) is 1.22. The summed E-state index contributed by atoms with van der Waals surface area (Å²) in [6, 6.07) is -2.05. The number of ether oxygens (including phenoxy) is 1. The van der Waals surface area contributed by atoms with E-state index in [1.54, 1.807) is 0 Å². The van der Waals surface area contributed by atoms with E-state index in [0.717, 1.165) is 6.08 Å². The zero-order valence-corrected chi connectivity index (χ0v) is 14.2. The van der Waals surface area contributed by atoms with Gasteiger partial charge in [0.1, 0.15) is 18.3 Å². The van der Waals surface area contributed by atoms with Crippen LogP contribution in [-0.4, -0.2) is 83.7 Å². The molecule has 0 aromatic rings. The number of carbonyl (C=O) groups excluding carboxylic acids is 2. The standard InChI is InChI=1S/C13H22BN5O7/c1-4(20)18-8-5(19-13(15)16)2-7(11(23)24)26-10(8)9(22)6(21)3-17-12(14)25/h2,5-6,8-10,21-22H,3,14H2,1H3,(H,17,25)(H,18,20)(H,23,24)(H4,15,16,19)/t5-,6+,8+,9+,10+/m0/s1. The second-order valence-corrected chi connectivity index (χ2v) is 5.72. The van der Waals surface area contributed by atoms with Crippen LogP contribution in [0.3, 0.4) is 0 Å². The Hall–Kier alpha value is -2.80. The van der Waals surface area contributed by atoms with Crippen molar-refractivity contribution in [3.05, 3.63) is 11.8 Å². The fourth-order valence-electron chi connectivity index (χ4n) is 2.44. The molecule has 0 bridgehead atoms. The molecule has 0 fully saturated rings. The van der Waals surface area contributed by atoms with E-state index in [9.17, 15) is 29.7 Å². The van der Waals surface area contributed by atoms with Gasteiger partial charge in [-0.05, 0) is 6.08 Å². The van der Waals surface area contributed by atoms with Crippen molar-refractivity contribution >= 4 is 31.5 Å². The predicted octanol–water partition coefficient (Wildman–Crippen LogP) is -4.23. The van der Waals surface area contributed by atoms with Gasteiger partial charge in [0.25, 0.3) is 0 Å². The van der Waals surface area contributed by atoms with Crippen LogP contribution in [0.2, 0.25) is 0 Å². The van der Waals surface area contributed by atoms with Gasteiger partial charge in [-0.2, -0.15) is 0 Å². The SMILES string of the molecule is BC(=O)NC[C@@H](O)[C@@H](O)[C@@H]1OC(C(=O)O)=C[C@H](NC(=N)N)[C@H]1NC(C)=O. The number of hydrogen-bond donors (Lipinski definition) is 8. The number of carboxylic acid groups (broad SMARTS) is 1. The van der Waals surface area contributed by atoms with Crippen molar-refractivity contribution < 1.29 is 34.4 Å². The van der Waals surface area contributed by atoms with Crippen molar-refractivity contribution in [3.63, 3.8) is 0 Å². The summed E-state index contributed by atoms with van der Waals surface area (Å²) in [4.78, 5) is 33.7. The molecule has 0 unspecified atom stereocenters. The van der Waals surface area contributed by atoms with Gasteiger partial charge in [0, 0.05) is 13.5 Å². The summed E-state index contributed by atoms with van der Waals surface area (Å²) in [5.41, 5.74) is 5.28. The first kappa shape index (κ1) is 21.2. The average molecular weight is 371 g/mol. The van der Waals surface area contributed by atoms with Crippen molar-refractivity contribution in [2.75, 3.05) is 6.54 Å². The number of carbonyl (C=O) groups is 3. The lowest BCUT2D eigenvalue weighted by atomic mass is 9.91. The second-order valence-electron chi connectivity index (χ2n) is 5.72. The van der Waals surface area contributed by atoms with E-state index in [1.807, 2.05) is 0 Å². The van der Waals surface area contributed by atoms with Gasteiger partial charge in [-0.25, -0.2) is 4.79 Å². The van der Waals surface area contributed by atoms with Crippen molar-refractivity contribution in [1.29, 1.82) is 5.41 Å². The summed E-state index contributed by atoms with van der Waals surface area (Å²) in [6.45, 7) is 0.874. The molecule has 0 spiro atoms. The minimum absolute atomic E-state index is 0.319. The average Bonchev–Trinajstić information content (AvgIpc) is 2.52. The van der Waals surface area contributed by atoms with Gasteiger partial charge in [-0.3, -0.25) is 15.0 Å². The van der Waals surface area contributed by atoms with Crippen LogP contribution in [0.15, 0.2) is 11.8 Å². The molecular formula is C13H22BN5O7. The topological polar surface area (TPSA) is 207 Å². The molecule has 0 aromatic heterocycles. The van der Waals surface area contributed by atoms with E-state index in [0.29, 0.717) is 0 Å². The fourth-order valence-corrected chi connectivity index (χ4v) is 2.44. The maximum absolute atomic E-state index is 11.5. The van der Waals surface area contributed by atoms with Crippen LogP contribution in [0.25, 0.3) is 0 Å². The number of aliphatic carboxylic acids is 1. The molecule has 9 N–H and O–H groups in total. The van der Waals surface area contributed by atoms with E-state index in [1.165, 1.54) is 14.8 Å². The van der Waals surface area contributed by atoms with Gasteiger partial charge in [0.15, 0.2) is 11.8 Å². The van der Waals surface area contributed by atoms with Crippen LogP contribution < -0.4 is 21.7 Å². The van der Waals surface area contributed by atoms with Crippen LogP contribution in [0.5, 0.6) is 0 Å². The number of amides is 2. The Labute approximate surface area is 149 Å². The molecule has 26 heavy (non-hydrogen) atoms. The zero-order chi connectivity index (χ0) is 20.0. The van der Waals surface area contributed by atoms with Crippen LogP contribution in [0.1, 0.15) is 6.92 Å². The normalized spacial score (nSPS) is 24.3. The highest BCUT2D eigenvalue weighted by atomic mass is 16.5. The summed E-state index contributed by atoms with van der Waals surface area (Å²) in [5, 5.41) is 44.2. The highest BCUT2D eigenvalue weighted by molar-refractivity contribution is 6.57. The third-order valence-corrected chi connectivity index (χ3v) is 3.53. The molecular weight excluding hydrogens is 349 g/mol. The van der Waals surface area contributed by atoms with E-state index in [4.69, 9.17) is 15.9 Å². The van der Waals surface area contributed by atoms with E-state index >= 15 is 0 Å². The number of aliphatic hydroxyl groups excluding tert-OH is 2. The minimum Gasteiger partial charge on any atom is -0.478 e. The Kier molecular flexibility index (Phi) is 7.40. The lowest BCUT2D eigenvalue weighted by molar-refractivity contribution is -0.144. The first-order chi connectivity index (χ1) is 12.0. The Balaban J connectivity index is 3.15. The van der Waals surface area contributed by atoms with E-state index in [2.05, 4.69) is 16.0 Å². The lowest BCUT2D eigenvalue weighted by Gasteiger charge is -2.40. The smallest absolute Gasteiger partial charge is 0.370 e. The molecule has 0 radical (unpaired) electrons. The minimum atomic E-state index is -1.67. The first-order valence-electron chi connectivity index (χ1n) is 7.63. The number of aliphatic hydroxyl groups is 2. The van der Waals surface area contributed by atoms with Crippen molar-refractivity contribution in [1.82, 2.24) is 16.0 Å². The maximum Gasteiger partial charge on any atom is 0.370 e. The number of nitrogens with one attached hydrogen (secondary N) is 4. The molecule has 1 heterocycles. The summed E-state index contributed by atoms with van der Waals surface area (Å²) in [5.74, 6) is -3.47. The number of nitrogens with two attached hydrogens (primary N) is 1. The molecule has 0 saturated carbocycles.